The number of carbonyl (C=O) groups excluding carboxylic acids is 3. The largest absolute Gasteiger partial charge is 0.507 e. The van der Waals surface area contributed by atoms with Gasteiger partial charge in [0.25, 0.3) is 0 Å². The minimum atomic E-state index is -0.605. The highest BCUT2D eigenvalue weighted by atomic mass is 16.5. The molecule has 10 heteroatoms. The van der Waals surface area contributed by atoms with Crippen LogP contribution in [0.25, 0.3) is 11.3 Å². The van der Waals surface area contributed by atoms with E-state index in [4.69, 9.17) is 4.74 Å². The third-order valence-electron chi connectivity index (χ3n) is 10.4. The maximum absolute atomic E-state index is 14.5. The summed E-state index contributed by atoms with van der Waals surface area (Å²) in [4.78, 5) is 42.5. The Hall–Kier alpha value is -5.25. The number of amides is 3. The van der Waals surface area contributed by atoms with Crippen molar-refractivity contribution >= 4 is 23.4 Å². The number of hydrogen-bond donors (Lipinski definition) is 2. The normalized spacial score (nSPS) is 19.7. The Morgan fingerprint density at radius 2 is 1.61 bits per heavy atom. The Morgan fingerprint density at radius 3 is 2.33 bits per heavy atom. The second-order valence-electron chi connectivity index (χ2n) is 13.4. The van der Waals surface area contributed by atoms with Gasteiger partial charge in [0.2, 0.25) is 17.7 Å². The molecule has 10 nitrogen and oxygen atoms in total. The number of anilines is 1. The van der Waals surface area contributed by atoms with Crippen molar-refractivity contribution in [3.63, 3.8) is 0 Å². The molecule has 1 aromatic heterocycles. The predicted octanol–water partition coefficient (Wildman–Crippen LogP) is 5.23. The molecular weight excluding hydrogens is 618 g/mol. The Morgan fingerprint density at radius 1 is 0.898 bits per heavy atom. The van der Waals surface area contributed by atoms with Crippen LogP contribution < -0.4 is 15.0 Å². The number of imide groups is 1. The van der Waals surface area contributed by atoms with E-state index in [1.165, 1.54) is 0 Å². The minimum absolute atomic E-state index is 0.164. The first-order valence-corrected chi connectivity index (χ1v) is 17.2. The summed E-state index contributed by atoms with van der Waals surface area (Å²) in [5, 5.41) is 21.3. The van der Waals surface area contributed by atoms with Gasteiger partial charge in [-0.2, -0.15) is 10.2 Å². The maximum Gasteiger partial charge on any atom is 0.234 e. The van der Waals surface area contributed by atoms with E-state index in [1.807, 2.05) is 60.7 Å². The molecule has 3 aromatic carbocycles. The van der Waals surface area contributed by atoms with Gasteiger partial charge < -0.3 is 19.6 Å². The second-order valence-corrected chi connectivity index (χ2v) is 13.4. The number of aromatic nitrogens is 2. The van der Waals surface area contributed by atoms with Crippen LogP contribution in [0, 0.1) is 5.92 Å². The third-order valence-corrected chi connectivity index (χ3v) is 10.4. The van der Waals surface area contributed by atoms with E-state index in [0.29, 0.717) is 75.6 Å². The summed E-state index contributed by atoms with van der Waals surface area (Å²) in [6.07, 6.45) is 5.73. The van der Waals surface area contributed by atoms with Crippen molar-refractivity contribution in [2.24, 2.45) is 5.92 Å². The van der Waals surface area contributed by atoms with Gasteiger partial charge in [-0.25, -0.2) is 0 Å². The molecule has 0 spiro atoms. The fraction of sp³-hybridized carbons (Fsp3) is 0.359. The van der Waals surface area contributed by atoms with Crippen LogP contribution in [0.3, 0.4) is 0 Å². The van der Waals surface area contributed by atoms with Crippen LogP contribution in [-0.2, 0) is 19.8 Å². The van der Waals surface area contributed by atoms with Crippen molar-refractivity contribution in [1.82, 2.24) is 20.4 Å². The lowest BCUT2D eigenvalue weighted by Crippen LogP contribution is -2.54. The molecule has 0 saturated carbocycles. The highest BCUT2D eigenvalue weighted by molar-refractivity contribution is 6.00. The van der Waals surface area contributed by atoms with Crippen LogP contribution >= 0.6 is 0 Å². The SMILES string of the molecule is O=C1CC[C@H](c2ccc(OCC3CCN(C(=O)C4(c5ccccc5)CCN(c5cnnc(-c6ccccc6O)c5)CC4)CC3)cc2)C(=O)N1. The van der Waals surface area contributed by atoms with Crippen molar-refractivity contribution in [2.45, 2.75) is 49.9 Å². The van der Waals surface area contributed by atoms with E-state index in [0.717, 1.165) is 35.4 Å². The Labute approximate surface area is 286 Å². The molecule has 0 radical (unpaired) electrons. The molecule has 49 heavy (non-hydrogen) atoms. The Kier molecular flexibility index (Phi) is 9.28. The number of para-hydroxylation sites is 1. The average Bonchev–Trinajstić information content (AvgIpc) is 3.15. The van der Waals surface area contributed by atoms with Crippen LogP contribution in [0.2, 0.25) is 0 Å². The molecule has 1 atom stereocenters. The molecule has 0 bridgehead atoms. The molecule has 0 aliphatic carbocycles. The molecule has 3 amide bonds. The number of likely N-dealkylation sites (tertiary alicyclic amines) is 1. The van der Waals surface area contributed by atoms with E-state index in [2.05, 4.69) is 37.4 Å². The van der Waals surface area contributed by atoms with Gasteiger partial charge in [-0.3, -0.25) is 19.7 Å². The lowest BCUT2D eigenvalue weighted by molar-refractivity contribution is -0.140. The molecule has 3 fully saturated rings. The summed E-state index contributed by atoms with van der Waals surface area (Å²) in [6, 6.07) is 26.9. The number of phenolic OH excluding ortho intramolecular Hbond substituents is 1. The van der Waals surface area contributed by atoms with Crippen LogP contribution in [0.5, 0.6) is 11.5 Å². The summed E-state index contributed by atoms with van der Waals surface area (Å²) in [7, 11) is 0. The first-order chi connectivity index (χ1) is 23.9. The molecule has 3 saturated heterocycles. The Balaban J connectivity index is 0.968. The number of hydrogen-bond acceptors (Lipinski definition) is 8. The number of nitrogens with zero attached hydrogens (tertiary/aromatic N) is 4. The number of carbonyl (C=O) groups is 3. The summed E-state index contributed by atoms with van der Waals surface area (Å²) >= 11 is 0. The first-order valence-electron chi connectivity index (χ1n) is 17.2. The number of nitrogens with one attached hydrogen (secondary N) is 1. The van der Waals surface area contributed by atoms with Crippen molar-refractivity contribution < 1.29 is 24.2 Å². The quantitative estimate of drug-likeness (QED) is 0.247. The van der Waals surface area contributed by atoms with Crippen molar-refractivity contribution in [2.75, 3.05) is 37.7 Å². The molecule has 4 heterocycles. The molecule has 0 unspecified atom stereocenters. The molecule has 4 aromatic rings. The zero-order valence-electron chi connectivity index (χ0n) is 27.5. The smallest absolute Gasteiger partial charge is 0.234 e. The van der Waals surface area contributed by atoms with Crippen molar-refractivity contribution in [1.29, 1.82) is 0 Å². The van der Waals surface area contributed by atoms with E-state index < -0.39 is 5.41 Å². The average molecular weight is 660 g/mol. The lowest BCUT2D eigenvalue weighted by Gasteiger charge is -2.45. The van der Waals surface area contributed by atoms with Gasteiger partial charge in [0.05, 0.1) is 35.5 Å². The predicted molar refractivity (Wildman–Crippen MR) is 185 cm³/mol. The fourth-order valence-electron chi connectivity index (χ4n) is 7.51. The zero-order chi connectivity index (χ0) is 33.8. The number of phenols is 1. The Bertz CT molecular complexity index is 1800. The summed E-state index contributed by atoms with van der Waals surface area (Å²) in [6.45, 7) is 3.34. The summed E-state index contributed by atoms with van der Waals surface area (Å²) in [5.41, 5.74) is 3.52. The molecule has 2 N–H and O–H groups in total. The van der Waals surface area contributed by atoms with E-state index in [1.54, 1.807) is 18.3 Å². The lowest BCUT2D eigenvalue weighted by atomic mass is 9.71. The molecular formula is C39H41N5O5. The fourth-order valence-corrected chi connectivity index (χ4v) is 7.51. The third kappa shape index (κ3) is 6.86. The highest BCUT2D eigenvalue weighted by Gasteiger charge is 2.45. The van der Waals surface area contributed by atoms with Gasteiger partial charge in [0.15, 0.2) is 0 Å². The monoisotopic (exact) mass is 659 g/mol. The molecule has 7 rings (SSSR count). The molecule has 3 aliphatic heterocycles. The topological polar surface area (TPSA) is 125 Å². The minimum Gasteiger partial charge on any atom is -0.507 e. The number of benzene rings is 3. The zero-order valence-corrected chi connectivity index (χ0v) is 27.5. The number of piperidine rings is 3. The number of rotatable bonds is 8. The van der Waals surface area contributed by atoms with E-state index >= 15 is 0 Å². The summed E-state index contributed by atoms with van der Waals surface area (Å²) in [5.74, 6) is 0.690. The van der Waals surface area contributed by atoms with Crippen LogP contribution in [0.15, 0.2) is 91.1 Å². The van der Waals surface area contributed by atoms with Crippen LogP contribution in [0.1, 0.15) is 55.6 Å². The van der Waals surface area contributed by atoms with Gasteiger partial charge in [-0.1, -0.05) is 54.6 Å². The second kappa shape index (κ2) is 14.1. The highest BCUT2D eigenvalue weighted by Crippen LogP contribution is 2.40. The van der Waals surface area contributed by atoms with Crippen molar-refractivity contribution in [3.05, 3.63) is 102 Å². The number of aromatic hydroxyl groups is 1. The van der Waals surface area contributed by atoms with Gasteiger partial charge in [-0.15, -0.1) is 0 Å². The maximum atomic E-state index is 14.5. The van der Waals surface area contributed by atoms with Crippen LogP contribution in [0.4, 0.5) is 5.69 Å². The van der Waals surface area contributed by atoms with Crippen LogP contribution in [-0.4, -0.2) is 70.7 Å². The van der Waals surface area contributed by atoms with Gasteiger partial charge in [0, 0.05) is 38.2 Å². The van der Waals surface area contributed by atoms with Crippen molar-refractivity contribution in [3.8, 4) is 22.8 Å². The molecule has 3 aliphatic rings. The summed E-state index contributed by atoms with van der Waals surface area (Å²) < 4.78 is 6.14. The van der Waals surface area contributed by atoms with Gasteiger partial charge in [-0.05, 0) is 79.5 Å². The van der Waals surface area contributed by atoms with E-state index in [-0.39, 0.29) is 29.4 Å². The first kappa shape index (κ1) is 32.3. The van der Waals surface area contributed by atoms with Gasteiger partial charge >= 0.3 is 0 Å². The number of ether oxygens (including phenoxy) is 1. The molecule has 252 valence electrons. The standard InChI is InChI=1S/C39H41N5O5/c45-35-9-5-4-8-33(35)34-24-30(25-40-42-34)43-22-18-39(19-23-43,29-6-2-1-3-7-29)38(48)44-20-16-27(17-21-44)26-49-31-12-10-28(11-13-31)32-14-15-36(46)41-37(32)47/h1-13,24-25,27,32,45H,14-23,26H2,(H,41,46,47)/t32-/m1/s1. The van der Waals surface area contributed by atoms with Gasteiger partial charge in [0.1, 0.15) is 11.5 Å². The van der Waals surface area contributed by atoms with E-state index in [9.17, 15) is 19.5 Å².